The number of aliphatic hydroxyl groups excluding tert-OH is 1. The van der Waals surface area contributed by atoms with Crippen LogP contribution in [-0.2, 0) is 18.4 Å². The van der Waals surface area contributed by atoms with Crippen LogP contribution in [0.4, 0.5) is 0 Å². The second kappa shape index (κ2) is 47.7. The van der Waals surface area contributed by atoms with Gasteiger partial charge < -0.3 is 21.1 Å². The van der Waals surface area contributed by atoms with Gasteiger partial charge in [-0.05, 0) is 70.6 Å². The van der Waals surface area contributed by atoms with Crippen molar-refractivity contribution in [1.29, 1.82) is 0 Å². The van der Waals surface area contributed by atoms with Crippen LogP contribution >= 0.6 is 7.82 Å². The predicted octanol–water partition coefficient (Wildman–Crippen LogP) is 15.0. The minimum Gasteiger partial charge on any atom is -0.387 e. The number of carbonyl (C=O) groups is 1. The third kappa shape index (κ3) is 46.0. The third-order valence-electron chi connectivity index (χ3n) is 11.1. The largest absolute Gasteiger partial charge is 0.472 e. The van der Waals surface area contributed by atoms with E-state index in [1.54, 1.807) is 6.08 Å². The second-order valence-corrected chi connectivity index (χ2v) is 18.5. The zero-order valence-electron chi connectivity index (χ0n) is 39.6. The highest BCUT2D eigenvalue weighted by atomic mass is 31.2. The van der Waals surface area contributed by atoms with Crippen molar-refractivity contribution < 1.29 is 28.4 Å². The molecule has 0 heterocycles. The Balaban J connectivity index is 4.20. The molecule has 0 rings (SSSR count). The molecule has 8 nitrogen and oxygen atoms in total. The van der Waals surface area contributed by atoms with Gasteiger partial charge in [-0.1, -0.05) is 216 Å². The molecule has 0 aliphatic carbocycles. The van der Waals surface area contributed by atoms with E-state index in [2.05, 4.69) is 67.8 Å². The molecule has 0 aliphatic rings. The molecule has 61 heavy (non-hydrogen) atoms. The maximum Gasteiger partial charge on any atom is 0.472 e. The predicted molar refractivity (Wildman–Crippen MR) is 263 cm³/mol. The van der Waals surface area contributed by atoms with Crippen LogP contribution in [0, 0.1) is 0 Å². The minimum absolute atomic E-state index is 0.0695. The molecule has 0 bridgehead atoms. The van der Waals surface area contributed by atoms with Gasteiger partial charge in [0, 0.05) is 13.0 Å². The Morgan fingerprint density at radius 2 is 0.918 bits per heavy atom. The molecular formula is C52H97N2O6P. The van der Waals surface area contributed by atoms with Gasteiger partial charge in [-0.2, -0.15) is 0 Å². The van der Waals surface area contributed by atoms with E-state index < -0.39 is 20.0 Å². The number of aliphatic hydroxyl groups is 1. The number of phosphoric ester groups is 1. The lowest BCUT2D eigenvalue weighted by Crippen LogP contribution is -2.45. The fourth-order valence-corrected chi connectivity index (χ4v) is 7.97. The van der Waals surface area contributed by atoms with E-state index in [1.807, 2.05) is 6.08 Å². The van der Waals surface area contributed by atoms with Crippen LogP contribution in [0.1, 0.15) is 232 Å². The maximum absolute atomic E-state index is 12.8. The number of hydrogen-bond donors (Lipinski definition) is 4. The summed E-state index contributed by atoms with van der Waals surface area (Å²) in [5.41, 5.74) is 5.39. The van der Waals surface area contributed by atoms with E-state index in [1.165, 1.54) is 148 Å². The average molecular weight is 877 g/mol. The number of amides is 1. The van der Waals surface area contributed by atoms with E-state index in [0.29, 0.717) is 6.42 Å². The highest BCUT2D eigenvalue weighted by Gasteiger charge is 2.26. The van der Waals surface area contributed by atoms with Gasteiger partial charge >= 0.3 is 7.82 Å². The van der Waals surface area contributed by atoms with Crippen molar-refractivity contribution in [2.45, 2.75) is 244 Å². The molecule has 1 amide bonds. The van der Waals surface area contributed by atoms with Crippen LogP contribution < -0.4 is 11.1 Å². The van der Waals surface area contributed by atoms with Gasteiger partial charge in [0.15, 0.2) is 0 Å². The lowest BCUT2D eigenvalue weighted by atomic mass is 10.0. The lowest BCUT2D eigenvalue weighted by molar-refractivity contribution is -0.123. The van der Waals surface area contributed by atoms with Gasteiger partial charge in [0.2, 0.25) is 5.91 Å². The fourth-order valence-electron chi connectivity index (χ4n) is 7.21. The van der Waals surface area contributed by atoms with Crippen molar-refractivity contribution in [3.05, 3.63) is 60.8 Å². The molecule has 0 aromatic heterocycles. The summed E-state index contributed by atoms with van der Waals surface area (Å²) >= 11 is 0. The molecule has 0 saturated heterocycles. The normalized spacial score (nSPS) is 14.4. The molecule has 9 heteroatoms. The Kier molecular flexibility index (Phi) is 46.3. The minimum atomic E-state index is -4.36. The Morgan fingerprint density at radius 3 is 1.38 bits per heavy atom. The number of unbranched alkanes of at least 4 members (excludes halogenated alkanes) is 27. The van der Waals surface area contributed by atoms with Gasteiger partial charge in [-0.25, -0.2) is 4.57 Å². The Labute approximate surface area is 376 Å². The number of phosphoric acid groups is 1. The van der Waals surface area contributed by atoms with Gasteiger partial charge in [-0.15, -0.1) is 0 Å². The number of hydrogen-bond acceptors (Lipinski definition) is 6. The van der Waals surface area contributed by atoms with Crippen molar-refractivity contribution in [1.82, 2.24) is 5.32 Å². The van der Waals surface area contributed by atoms with E-state index in [9.17, 15) is 19.4 Å². The summed E-state index contributed by atoms with van der Waals surface area (Å²) in [5.74, 6) is -0.216. The van der Waals surface area contributed by atoms with Crippen molar-refractivity contribution in [2.75, 3.05) is 19.8 Å². The Bertz CT molecular complexity index is 1140. The first-order valence-electron chi connectivity index (χ1n) is 25.4. The molecule has 0 aromatic carbocycles. The van der Waals surface area contributed by atoms with Gasteiger partial charge in [-0.3, -0.25) is 13.8 Å². The van der Waals surface area contributed by atoms with E-state index >= 15 is 0 Å². The van der Waals surface area contributed by atoms with Crippen LogP contribution in [0.15, 0.2) is 60.8 Å². The molecule has 3 unspecified atom stereocenters. The van der Waals surface area contributed by atoms with Crippen LogP contribution in [0.3, 0.4) is 0 Å². The first-order chi connectivity index (χ1) is 29.9. The SMILES string of the molecule is CCCCCCC/C=C\C/C=C\C/C=C\CCCCCCCCC(=O)NC(COP(=O)(O)OCCN)C(O)/C=C/CC/C=C/CCCCCCCCCCCCCCCCC. The molecule has 0 aromatic rings. The molecule has 5 N–H and O–H groups in total. The van der Waals surface area contributed by atoms with Crippen LogP contribution in [0.25, 0.3) is 0 Å². The van der Waals surface area contributed by atoms with Crippen LogP contribution in [0.2, 0.25) is 0 Å². The smallest absolute Gasteiger partial charge is 0.387 e. The summed E-state index contributed by atoms with van der Waals surface area (Å²) in [5, 5.41) is 13.7. The summed E-state index contributed by atoms with van der Waals surface area (Å²) in [6.07, 6.45) is 61.4. The van der Waals surface area contributed by atoms with Crippen molar-refractivity contribution in [3.8, 4) is 0 Å². The van der Waals surface area contributed by atoms with E-state index in [4.69, 9.17) is 14.8 Å². The molecule has 3 atom stereocenters. The molecule has 0 saturated carbocycles. The molecule has 0 spiro atoms. The summed E-state index contributed by atoms with van der Waals surface area (Å²) < 4.78 is 22.2. The number of nitrogens with one attached hydrogen (secondary N) is 1. The van der Waals surface area contributed by atoms with Gasteiger partial charge in [0.25, 0.3) is 0 Å². The van der Waals surface area contributed by atoms with Crippen LogP contribution in [0.5, 0.6) is 0 Å². The molecule has 0 fully saturated rings. The van der Waals surface area contributed by atoms with Gasteiger partial charge in [0.05, 0.1) is 25.4 Å². The highest BCUT2D eigenvalue weighted by Crippen LogP contribution is 2.43. The van der Waals surface area contributed by atoms with Crippen molar-refractivity contribution in [2.24, 2.45) is 5.73 Å². The quantitative estimate of drug-likeness (QED) is 0.0272. The summed E-state index contributed by atoms with van der Waals surface area (Å²) in [4.78, 5) is 22.8. The van der Waals surface area contributed by atoms with E-state index in [-0.39, 0.29) is 25.7 Å². The zero-order chi connectivity index (χ0) is 44.6. The summed E-state index contributed by atoms with van der Waals surface area (Å²) in [7, 11) is -4.36. The monoisotopic (exact) mass is 877 g/mol. The topological polar surface area (TPSA) is 131 Å². The number of allylic oxidation sites excluding steroid dienone is 9. The fraction of sp³-hybridized carbons (Fsp3) is 0.788. The Morgan fingerprint density at radius 1 is 0.541 bits per heavy atom. The van der Waals surface area contributed by atoms with Crippen molar-refractivity contribution in [3.63, 3.8) is 0 Å². The van der Waals surface area contributed by atoms with Crippen LogP contribution in [-0.4, -0.2) is 47.8 Å². The molecule has 356 valence electrons. The molecule has 0 radical (unpaired) electrons. The van der Waals surface area contributed by atoms with Crippen molar-refractivity contribution >= 4 is 13.7 Å². The van der Waals surface area contributed by atoms with E-state index in [0.717, 1.165) is 64.2 Å². The summed E-state index contributed by atoms with van der Waals surface area (Å²) in [6.45, 7) is 4.11. The lowest BCUT2D eigenvalue weighted by Gasteiger charge is -2.23. The highest BCUT2D eigenvalue weighted by molar-refractivity contribution is 7.47. The first-order valence-corrected chi connectivity index (χ1v) is 26.9. The zero-order valence-corrected chi connectivity index (χ0v) is 40.5. The second-order valence-electron chi connectivity index (χ2n) is 17.0. The third-order valence-corrected chi connectivity index (χ3v) is 12.0. The Hall–Kier alpha value is -1.80. The number of nitrogens with two attached hydrogens (primary N) is 1. The van der Waals surface area contributed by atoms with Gasteiger partial charge in [0.1, 0.15) is 0 Å². The first kappa shape index (κ1) is 59.2. The standard InChI is InChI=1S/C52H97N2O6P/c1-3-5-7-9-11-13-15-17-19-21-23-25-27-29-31-33-35-37-39-41-43-45-51(55)50(49-60-61(57,58)59-48-47-53)54-52(56)46-44-42-40-38-36-34-32-30-28-26-24-22-20-18-16-14-12-10-8-6-4-2/h16,18,22,24,28,30,35,37,43,45,50-51,55H,3-15,17,19-21,23,25-27,29,31-34,36,38-42,44,46-49,53H2,1-2H3,(H,54,56)(H,57,58)/b18-16-,24-22-,30-28-,37-35+,45-43+. The average Bonchev–Trinajstić information content (AvgIpc) is 3.25. The number of carbonyl (C=O) groups excluding carboxylic acids is 1. The maximum atomic E-state index is 12.8. The number of rotatable bonds is 47. The summed E-state index contributed by atoms with van der Waals surface area (Å²) in [6, 6.07) is -0.887. The molecule has 0 aliphatic heterocycles. The molecular weight excluding hydrogens is 780 g/mol.